The van der Waals surface area contributed by atoms with E-state index in [1.54, 1.807) is 5.32 Å². The van der Waals surface area contributed by atoms with Crippen molar-refractivity contribution in [1.82, 2.24) is 26.2 Å². The van der Waals surface area contributed by atoms with Gasteiger partial charge in [0.15, 0.2) is 0 Å². The first-order chi connectivity index (χ1) is 20.5. The van der Waals surface area contributed by atoms with Gasteiger partial charge in [0, 0.05) is 19.5 Å². The molecule has 3 rings (SSSR count). The van der Waals surface area contributed by atoms with Crippen molar-refractivity contribution in [1.29, 1.82) is 0 Å². The standard InChI is InChI=1S/C32H54N6O6/c1-17(2)21-14-23(27(40)35-22(13-19-9-10-19)25(39)29(42)33-8)38(16-21)30(43)26(32(5,6)7)37-31(44)36-24(18(3)4)28(41)34-15-20-11-12-20/h17-24,26H,9-16H2,1-8H3,(H,33,42)(H,34,41)(H,35,40)(H2,36,37,44)/p+1/t21-,22?,23+,24+,26-/m1/s1. The number of amides is 6. The van der Waals surface area contributed by atoms with Gasteiger partial charge in [0.2, 0.25) is 17.6 Å². The van der Waals surface area contributed by atoms with E-state index < -0.39 is 59.1 Å². The zero-order valence-electron chi connectivity index (χ0n) is 27.8. The number of carbonyl (C=O) groups is 6. The van der Waals surface area contributed by atoms with Crippen LogP contribution in [0.25, 0.3) is 0 Å². The van der Waals surface area contributed by atoms with Crippen molar-refractivity contribution in [2.24, 2.45) is 35.0 Å². The highest BCUT2D eigenvalue weighted by Crippen LogP contribution is 2.35. The van der Waals surface area contributed by atoms with E-state index in [0.29, 0.717) is 31.8 Å². The molecule has 2 aliphatic carbocycles. The molecule has 0 aromatic heterocycles. The van der Waals surface area contributed by atoms with Gasteiger partial charge in [-0.3, -0.25) is 24.5 Å². The van der Waals surface area contributed by atoms with Gasteiger partial charge in [-0.1, -0.05) is 61.3 Å². The van der Waals surface area contributed by atoms with Crippen LogP contribution in [-0.2, 0) is 24.0 Å². The van der Waals surface area contributed by atoms with Crippen molar-refractivity contribution >= 4 is 35.4 Å². The first-order valence-corrected chi connectivity index (χ1v) is 16.3. The number of urea groups is 1. The number of nitrogens with one attached hydrogen (secondary N) is 4. The van der Waals surface area contributed by atoms with Crippen molar-refractivity contribution in [3.05, 3.63) is 0 Å². The van der Waals surface area contributed by atoms with Gasteiger partial charge in [-0.15, -0.1) is 0 Å². The molecule has 3 fully saturated rings. The third-order valence-electron chi connectivity index (χ3n) is 9.21. The Kier molecular flexibility index (Phi) is 12.0. The van der Waals surface area contributed by atoms with Gasteiger partial charge in [0.05, 0.1) is 12.6 Å². The van der Waals surface area contributed by atoms with Crippen molar-refractivity contribution in [2.45, 2.75) is 111 Å². The number of carbonyl (C=O) groups excluding carboxylic acids is 6. The molecule has 12 heteroatoms. The van der Waals surface area contributed by atoms with Crippen LogP contribution in [0.1, 0.15) is 87.0 Å². The van der Waals surface area contributed by atoms with Gasteiger partial charge in [-0.25, -0.2) is 9.59 Å². The van der Waals surface area contributed by atoms with E-state index in [4.69, 9.17) is 0 Å². The van der Waals surface area contributed by atoms with Crippen LogP contribution in [0, 0.1) is 35.0 Å². The molecule has 0 aromatic carbocycles. The van der Waals surface area contributed by atoms with Crippen LogP contribution in [0.3, 0.4) is 0 Å². The molecule has 2 saturated carbocycles. The Bertz CT molecular complexity index is 1090. The lowest BCUT2D eigenvalue weighted by Crippen LogP contribution is -2.92. The maximum Gasteiger partial charge on any atom is 0.333 e. The van der Waals surface area contributed by atoms with Gasteiger partial charge in [-0.05, 0) is 54.8 Å². The van der Waals surface area contributed by atoms with E-state index in [-0.39, 0.29) is 29.6 Å². The van der Waals surface area contributed by atoms with Gasteiger partial charge in [0.25, 0.3) is 5.91 Å². The highest BCUT2D eigenvalue weighted by Gasteiger charge is 2.46. The smallest absolute Gasteiger partial charge is 0.333 e. The van der Waals surface area contributed by atoms with Gasteiger partial charge < -0.3 is 26.2 Å². The second-order valence-electron chi connectivity index (χ2n) is 14.9. The maximum absolute atomic E-state index is 14.2. The summed E-state index contributed by atoms with van der Waals surface area (Å²) in [6.45, 7) is 14.3. The predicted octanol–water partition coefficient (Wildman–Crippen LogP) is 0.698. The van der Waals surface area contributed by atoms with Crippen LogP contribution in [-0.4, -0.2) is 84.6 Å². The number of likely N-dealkylation sites (tertiary alicyclic amines) is 1. The first kappa shape index (κ1) is 35.5. The van der Waals surface area contributed by atoms with Crippen LogP contribution >= 0.6 is 0 Å². The van der Waals surface area contributed by atoms with Crippen LogP contribution in [0.15, 0.2) is 0 Å². The predicted molar refractivity (Wildman–Crippen MR) is 165 cm³/mol. The van der Waals surface area contributed by atoms with Crippen molar-refractivity contribution in [2.75, 3.05) is 20.1 Å². The SMILES string of the molecule is CNC(=O)C(=O)C(CC1CC1)NC(=O)[C@@H]1C[C@@H](C(C)C)CN1C(=O)[C@@H](NC(=O)N[C@H](C(=O)[NH2+]CC1CC1)C(C)C)C(C)(C)C. The summed E-state index contributed by atoms with van der Waals surface area (Å²) >= 11 is 0. The number of nitrogens with two attached hydrogens (primary N) is 1. The van der Waals surface area contributed by atoms with E-state index in [1.807, 2.05) is 48.5 Å². The Morgan fingerprint density at radius 1 is 0.886 bits per heavy atom. The van der Waals surface area contributed by atoms with Crippen molar-refractivity contribution in [3.8, 4) is 0 Å². The number of nitrogens with zero attached hydrogens (tertiary/aromatic N) is 1. The number of primary amides is 1. The minimum absolute atomic E-state index is 0.0330. The lowest BCUT2D eigenvalue weighted by atomic mass is 9.85. The zero-order chi connectivity index (χ0) is 32.9. The highest BCUT2D eigenvalue weighted by atomic mass is 16.2. The quantitative estimate of drug-likeness (QED) is 0.179. The van der Waals surface area contributed by atoms with Crippen LogP contribution in [0.2, 0.25) is 0 Å². The number of likely N-dealkylation sites (N-methyl/N-ethyl adjacent to an activating group) is 1. The average molecular weight is 620 g/mol. The summed E-state index contributed by atoms with van der Waals surface area (Å²) in [4.78, 5) is 80.6. The van der Waals surface area contributed by atoms with Crippen LogP contribution in [0.5, 0.6) is 0 Å². The van der Waals surface area contributed by atoms with E-state index in [2.05, 4.69) is 21.3 Å². The molecular formula is C32H55N6O6+. The number of hydrogen-bond donors (Lipinski definition) is 5. The van der Waals surface area contributed by atoms with Gasteiger partial charge in [-0.2, -0.15) is 0 Å². The van der Waals surface area contributed by atoms with Crippen LogP contribution < -0.4 is 26.6 Å². The highest BCUT2D eigenvalue weighted by molar-refractivity contribution is 6.38. The third kappa shape index (κ3) is 9.74. The molecule has 1 saturated heterocycles. The zero-order valence-corrected chi connectivity index (χ0v) is 27.8. The van der Waals surface area contributed by atoms with Crippen molar-refractivity contribution in [3.63, 3.8) is 0 Å². The van der Waals surface area contributed by atoms with E-state index in [1.165, 1.54) is 11.9 Å². The van der Waals surface area contributed by atoms with E-state index in [9.17, 15) is 28.8 Å². The van der Waals surface area contributed by atoms with Crippen LogP contribution in [0.4, 0.5) is 4.79 Å². The second kappa shape index (κ2) is 14.8. The molecule has 1 heterocycles. The molecule has 0 bridgehead atoms. The molecule has 1 aliphatic heterocycles. The summed E-state index contributed by atoms with van der Waals surface area (Å²) in [7, 11) is 1.38. The van der Waals surface area contributed by atoms with E-state index in [0.717, 1.165) is 25.7 Å². The van der Waals surface area contributed by atoms with Gasteiger partial charge >= 0.3 is 11.9 Å². The average Bonchev–Trinajstić information content (AvgIpc) is 3.89. The molecule has 12 nitrogen and oxygen atoms in total. The molecule has 0 radical (unpaired) electrons. The number of hydrogen-bond acceptors (Lipinski definition) is 6. The largest absolute Gasteiger partial charge is 0.353 e. The number of ketones is 1. The lowest BCUT2D eigenvalue weighted by molar-refractivity contribution is -0.573. The molecular weight excluding hydrogens is 564 g/mol. The maximum atomic E-state index is 14.2. The Morgan fingerprint density at radius 3 is 2.00 bits per heavy atom. The summed E-state index contributed by atoms with van der Waals surface area (Å²) in [5.74, 6) is -1.57. The molecule has 3 aliphatic rings. The molecule has 5 atom stereocenters. The Balaban J connectivity index is 1.77. The first-order valence-electron chi connectivity index (χ1n) is 16.3. The summed E-state index contributed by atoms with van der Waals surface area (Å²) in [6, 6.07) is -4.15. The topological polar surface area (TPSA) is 170 Å². The molecule has 248 valence electrons. The summed E-state index contributed by atoms with van der Waals surface area (Å²) in [5.41, 5.74) is -0.718. The van der Waals surface area contributed by atoms with Gasteiger partial charge in [0.1, 0.15) is 18.1 Å². The molecule has 0 spiro atoms. The summed E-state index contributed by atoms with van der Waals surface area (Å²) in [5, 5.41) is 12.4. The monoisotopic (exact) mass is 619 g/mol. The second-order valence-corrected chi connectivity index (χ2v) is 14.9. The number of rotatable bonds is 14. The Labute approximate surface area is 262 Å². The normalized spacial score (nSPS) is 22.3. The summed E-state index contributed by atoms with van der Waals surface area (Å²) < 4.78 is 0. The minimum atomic E-state index is -0.989. The fraction of sp³-hybridized carbons (Fsp3) is 0.812. The number of Topliss-reactive ketones (excluding diaryl/α,β-unsaturated/α-hetero) is 1. The molecule has 6 N–H and O–H groups in total. The Hall–Kier alpha value is -3.02. The van der Waals surface area contributed by atoms with E-state index >= 15 is 0 Å². The number of quaternary nitrogens is 1. The fourth-order valence-electron chi connectivity index (χ4n) is 5.77. The molecule has 1 unspecified atom stereocenters. The lowest BCUT2D eigenvalue weighted by Gasteiger charge is -2.36. The molecule has 0 aromatic rings. The Morgan fingerprint density at radius 2 is 1.50 bits per heavy atom. The third-order valence-corrected chi connectivity index (χ3v) is 9.21. The minimum Gasteiger partial charge on any atom is -0.353 e. The summed E-state index contributed by atoms with van der Waals surface area (Å²) in [6.07, 6.45) is 4.92. The van der Waals surface area contributed by atoms with Crippen molar-refractivity contribution < 1.29 is 34.1 Å². The molecule has 44 heavy (non-hydrogen) atoms. The fourth-order valence-corrected chi connectivity index (χ4v) is 5.77. The molecule has 6 amide bonds.